The van der Waals surface area contributed by atoms with Crippen molar-refractivity contribution in [3.63, 3.8) is 0 Å². The van der Waals surface area contributed by atoms with Gasteiger partial charge in [0.15, 0.2) is 0 Å². The minimum Gasteiger partial charge on any atom is -0.392 e. The minimum absolute atomic E-state index is 0.0741. The predicted molar refractivity (Wildman–Crippen MR) is 68.0 cm³/mol. The highest BCUT2D eigenvalue weighted by Crippen LogP contribution is 2.42. The summed E-state index contributed by atoms with van der Waals surface area (Å²) in [6.45, 7) is 2.20. The number of nitrogens with one attached hydrogen (secondary N) is 1. The van der Waals surface area contributed by atoms with E-state index in [0.29, 0.717) is 16.9 Å². The zero-order valence-corrected chi connectivity index (χ0v) is 10.6. The molecule has 0 aromatic rings. The van der Waals surface area contributed by atoms with Gasteiger partial charge in [0, 0.05) is 6.04 Å². The van der Waals surface area contributed by atoms with Gasteiger partial charge in [-0.15, -0.1) is 0 Å². The Labute approximate surface area is 102 Å². The van der Waals surface area contributed by atoms with Gasteiger partial charge in [0.05, 0.1) is 10.4 Å². The molecule has 3 nitrogen and oxygen atoms in total. The van der Waals surface area contributed by atoms with Crippen molar-refractivity contribution in [1.29, 1.82) is 0 Å². The lowest BCUT2D eigenvalue weighted by atomic mass is 9.68. The van der Waals surface area contributed by atoms with Crippen LogP contribution in [0.15, 0.2) is 0 Å². The molecule has 4 heteroatoms. The highest BCUT2D eigenvalue weighted by Gasteiger charge is 2.47. The van der Waals surface area contributed by atoms with E-state index in [-0.39, 0.29) is 5.91 Å². The predicted octanol–water partition coefficient (Wildman–Crippen LogP) is 1.75. The second-order valence-corrected chi connectivity index (χ2v) is 5.73. The van der Waals surface area contributed by atoms with Crippen molar-refractivity contribution in [2.24, 2.45) is 17.1 Å². The second-order valence-electron chi connectivity index (χ2n) is 5.29. The molecule has 0 saturated heterocycles. The van der Waals surface area contributed by atoms with Crippen LogP contribution in [0.4, 0.5) is 0 Å². The number of amides is 1. The van der Waals surface area contributed by atoms with E-state index in [0.717, 1.165) is 25.7 Å². The first-order chi connectivity index (χ1) is 7.56. The summed E-state index contributed by atoms with van der Waals surface area (Å²) in [5.74, 6) is 0.664. The molecule has 2 aliphatic rings. The van der Waals surface area contributed by atoms with Crippen LogP contribution in [0.5, 0.6) is 0 Å². The van der Waals surface area contributed by atoms with E-state index in [1.807, 2.05) is 0 Å². The first kappa shape index (κ1) is 11.8. The maximum atomic E-state index is 12.2. The zero-order valence-electron chi connectivity index (χ0n) is 9.79. The number of carbonyl (C=O) groups excluding carboxylic acids is 1. The number of hydrogen-bond donors (Lipinski definition) is 2. The molecule has 2 aliphatic carbocycles. The Morgan fingerprint density at radius 1 is 1.38 bits per heavy atom. The van der Waals surface area contributed by atoms with Gasteiger partial charge >= 0.3 is 0 Å². The van der Waals surface area contributed by atoms with E-state index in [9.17, 15) is 4.79 Å². The molecule has 0 aliphatic heterocycles. The third kappa shape index (κ3) is 1.83. The average Bonchev–Trinajstić information content (AvgIpc) is 2.48. The average molecular weight is 240 g/mol. The lowest BCUT2D eigenvalue weighted by molar-refractivity contribution is -0.131. The summed E-state index contributed by atoms with van der Waals surface area (Å²) in [5, 5.41) is 3.15. The van der Waals surface area contributed by atoms with Crippen molar-refractivity contribution in [2.45, 2.75) is 51.5 Å². The van der Waals surface area contributed by atoms with Crippen LogP contribution in [0.25, 0.3) is 0 Å². The summed E-state index contributed by atoms with van der Waals surface area (Å²) in [7, 11) is 0. The highest BCUT2D eigenvalue weighted by molar-refractivity contribution is 7.80. The van der Waals surface area contributed by atoms with Gasteiger partial charge in [-0.1, -0.05) is 32.0 Å². The van der Waals surface area contributed by atoms with Gasteiger partial charge in [-0.25, -0.2) is 0 Å². The number of thiocarbonyl (C=S) groups is 1. The Bertz CT molecular complexity index is 312. The Hall–Kier alpha value is -0.640. The smallest absolute Gasteiger partial charge is 0.233 e. The van der Waals surface area contributed by atoms with Crippen LogP contribution in [0.2, 0.25) is 0 Å². The highest BCUT2D eigenvalue weighted by atomic mass is 32.1. The number of rotatable bonds is 3. The van der Waals surface area contributed by atoms with Gasteiger partial charge in [0.25, 0.3) is 0 Å². The van der Waals surface area contributed by atoms with Gasteiger partial charge in [0.2, 0.25) is 5.91 Å². The fourth-order valence-electron chi connectivity index (χ4n) is 2.78. The molecule has 0 radical (unpaired) electrons. The summed E-state index contributed by atoms with van der Waals surface area (Å²) < 4.78 is 0. The molecule has 2 fully saturated rings. The summed E-state index contributed by atoms with van der Waals surface area (Å²) in [6, 6.07) is 0.333. The first-order valence-electron chi connectivity index (χ1n) is 6.17. The Morgan fingerprint density at radius 2 is 2.06 bits per heavy atom. The molecule has 0 heterocycles. The summed E-state index contributed by atoms with van der Waals surface area (Å²) in [4.78, 5) is 12.6. The Morgan fingerprint density at radius 3 is 2.44 bits per heavy atom. The largest absolute Gasteiger partial charge is 0.392 e. The van der Waals surface area contributed by atoms with Gasteiger partial charge in [0.1, 0.15) is 0 Å². The SMILES string of the molecule is CC1CCCC1NC(=O)C1(C(N)=S)CCC1. The van der Waals surface area contributed by atoms with E-state index >= 15 is 0 Å². The molecular formula is C12H20N2OS. The second kappa shape index (κ2) is 4.32. The molecule has 90 valence electrons. The van der Waals surface area contributed by atoms with Crippen molar-refractivity contribution < 1.29 is 4.79 Å². The lowest BCUT2D eigenvalue weighted by Gasteiger charge is -2.40. The van der Waals surface area contributed by atoms with Crippen LogP contribution in [0, 0.1) is 11.3 Å². The number of nitrogens with two attached hydrogens (primary N) is 1. The van der Waals surface area contributed by atoms with Crippen LogP contribution in [-0.4, -0.2) is 16.9 Å². The molecule has 0 spiro atoms. The molecule has 16 heavy (non-hydrogen) atoms. The molecule has 2 atom stereocenters. The van der Waals surface area contributed by atoms with Crippen LogP contribution in [0.1, 0.15) is 45.4 Å². The van der Waals surface area contributed by atoms with Crippen molar-refractivity contribution >= 4 is 23.1 Å². The third-order valence-corrected chi connectivity index (χ3v) is 4.68. The summed E-state index contributed by atoms with van der Waals surface area (Å²) in [5.41, 5.74) is 5.20. The molecule has 2 unspecified atom stereocenters. The molecule has 2 rings (SSSR count). The Balaban J connectivity index is 1.99. The minimum atomic E-state index is -0.516. The van der Waals surface area contributed by atoms with Gasteiger partial charge in [-0.2, -0.15) is 0 Å². The van der Waals surface area contributed by atoms with Gasteiger partial charge in [-0.05, 0) is 31.6 Å². The van der Waals surface area contributed by atoms with Gasteiger partial charge in [-0.3, -0.25) is 4.79 Å². The number of carbonyl (C=O) groups is 1. The lowest BCUT2D eigenvalue weighted by Crippen LogP contribution is -2.55. The third-order valence-electron chi connectivity index (χ3n) is 4.29. The number of hydrogen-bond acceptors (Lipinski definition) is 2. The topological polar surface area (TPSA) is 55.1 Å². The summed E-state index contributed by atoms with van der Waals surface area (Å²) >= 11 is 5.04. The van der Waals surface area contributed by atoms with Crippen molar-refractivity contribution in [3.05, 3.63) is 0 Å². The molecule has 0 aromatic carbocycles. The molecule has 0 aromatic heterocycles. The first-order valence-corrected chi connectivity index (χ1v) is 6.58. The van der Waals surface area contributed by atoms with Crippen molar-refractivity contribution in [1.82, 2.24) is 5.32 Å². The fraction of sp³-hybridized carbons (Fsp3) is 0.833. The van der Waals surface area contributed by atoms with E-state index in [2.05, 4.69) is 12.2 Å². The standard InChI is InChI=1S/C12H20N2OS/c1-8-4-2-5-9(8)14-11(15)12(10(13)16)6-3-7-12/h8-9H,2-7H2,1H3,(H2,13,16)(H,14,15). The maximum absolute atomic E-state index is 12.2. The monoisotopic (exact) mass is 240 g/mol. The molecular weight excluding hydrogens is 220 g/mol. The summed E-state index contributed by atoms with van der Waals surface area (Å²) in [6.07, 6.45) is 6.24. The maximum Gasteiger partial charge on any atom is 0.233 e. The molecule has 2 saturated carbocycles. The van der Waals surface area contributed by atoms with E-state index < -0.39 is 5.41 Å². The van der Waals surface area contributed by atoms with Crippen LogP contribution < -0.4 is 11.1 Å². The molecule has 0 bridgehead atoms. The molecule has 1 amide bonds. The van der Waals surface area contributed by atoms with Crippen LogP contribution in [-0.2, 0) is 4.79 Å². The van der Waals surface area contributed by atoms with Crippen LogP contribution >= 0.6 is 12.2 Å². The van der Waals surface area contributed by atoms with E-state index in [1.165, 1.54) is 12.8 Å². The normalized spacial score (nSPS) is 31.8. The van der Waals surface area contributed by atoms with Crippen molar-refractivity contribution in [3.8, 4) is 0 Å². The van der Waals surface area contributed by atoms with Gasteiger partial charge < -0.3 is 11.1 Å². The van der Waals surface area contributed by atoms with E-state index in [4.69, 9.17) is 18.0 Å². The van der Waals surface area contributed by atoms with E-state index in [1.54, 1.807) is 0 Å². The Kier molecular flexibility index (Phi) is 3.19. The molecule has 3 N–H and O–H groups in total. The quantitative estimate of drug-likeness (QED) is 0.739. The fourth-order valence-corrected chi connectivity index (χ4v) is 3.08. The van der Waals surface area contributed by atoms with Crippen LogP contribution in [0.3, 0.4) is 0 Å². The van der Waals surface area contributed by atoms with Crippen molar-refractivity contribution in [2.75, 3.05) is 0 Å². The zero-order chi connectivity index (χ0) is 11.8.